The van der Waals surface area contributed by atoms with Gasteiger partial charge in [-0.25, -0.2) is 0 Å². The second-order valence-electron chi connectivity index (χ2n) is 8.58. The van der Waals surface area contributed by atoms with E-state index in [1.165, 1.54) is 71.1 Å². The van der Waals surface area contributed by atoms with Gasteiger partial charge in [-0.2, -0.15) is 0 Å². The lowest BCUT2D eigenvalue weighted by Crippen LogP contribution is -2.45. The smallest absolute Gasteiger partial charge is 0.00955 e. The molecule has 21 heavy (non-hydrogen) atoms. The first-order valence-corrected chi connectivity index (χ1v) is 9.45. The van der Waals surface area contributed by atoms with E-state index in [0.29, 0.717) is 5.41 Å². The predicted molar refractivity (Wildman–Crippen MR) is 92.7 cm³/mol. The van der Waals surface area contributed by atoms with Crippen LogP contribution in [0, 0.1) is 17.3 Å². The molecule has 1 saturated carbocycles. The summed E-state index contributed by atoms with van der Waals surface area (Å²) in [6, 6.07) is 0.866. The van der Waals surface area contributed by atoms with Crippen molar-refractivity contribution in [1.29, 1.82) is 0 Å². The first-order chi connectivity index (χ1) is 10.0. The lowest BCUT2D eigenvalue weighted by atomic mass is 9.71. The molecule has 0 bridgehead atoms. The summed E-state index contributed by atoms with van der Waals surface area (Å²) in [5, 5.41) is 3.59. The maximum absolute atomic E-state index is 3.59. The first-order valence-electron chi connectivity index (χ1n) is 9.45. The van der Waals surface area contributed by atoms with E-state index < -0.39 is 0 Å². The number of hydrogen-bond donors (Lipinski definition) is 1. The molecule has 0 aromatic carbocycles. The van der Waals surface area contributed by atoms with Gasteiger partial charge in [0.15, 0.2) is 0 Å². The van der Waals surface area contributed by atoms with Crippen LogP contribution in [0.2, 0.25) is 0 Å². The molecule has 2 aliphatic rings. The van der Waals surface area contributed by atoms with Gasteiger partial charge in [0, 0.05) is 12.6 Å². The topological polar surface area (TPSA) is 15.3 Å². The molecule has 2 heteroatoms. The Morgan fingerprint density at radius 2 is 1.76 bits per heavy atom. The molecule has 1 aliphatic heterocycles. The third kappa shape index (κ3) is 5.25. The molecule has 1 heterocycles. The van der Waals surface area contributed by atoms with E-state index in [1.54, 1.807) is 0 Å². The third-order valence-corrected chi connectivity index (χ3v) is 5.84. The number of piperidine rings is 1. The van der Waals surface area contributed by atoms with Crippen molar-refractivity contribution in [2.75, 3.05) is 26.2 Å². The van der Waals surface area contributed by atoms with Crippen molar-refractivity contribution in [3.05, 3.63) is 0 Å². The number of nitrogens with zero attached hydrogens (tertiary/aromatic N) is 1. The Morgan fingerprint density at radius 3 is 2.29 bits per heavy atom. The van der Waals surface area contributed by atoms with Gasteiger partial charge in [-0.1, -0.05) is 27.7 Å². The highest BCUT2D eigenvalue weighted by Crippen LogP contribution is 2.39. The van der Waals surface area contributed by atoms with Crippen molar-refractivity contribution in [2.45, 2.75) is 78.7 Å². The van der Waals surface area contributed by atoms with Crippen LogP contribution in [0.5, 0.6) is 0 Å². The Bertz CT molecular complexity index is 280. The molecule has 1 N–H and O–H groups in total. The highest BCUT2D eigenvalue weighted by atomic mass is 15.2. The quantitative estimate of drug-likeness (QED) is 0.813. The molecule has 1 unspecified atom stereocenters. The molecule has 1 aliphatic carbocycles. The van der Waals surface area contributed by atoms with Crippen molar-refractivity contribution in [2.24, 2.45) is 17.3 Å². The van der Waals surface area contributed by atoms with Crippen LogP contribution in [0.3, 0.4) is 0 Å². The van der Waals surface area contributed by atoms with Gasteiger partial charge < -0.3 is 10.2 Å². The van der Waals surface area contributed by atoms with Crippen molar-refractivity contribution in [1.82, 2.24) is 10.2 Å². The summed E-state index contributed by atoms with van der Waals surface area (Å²) in [6.07, 6.45) is 9.87. The van der Waals surface area contributed by atoms with Gasteiger partial charge in [0.2, 0.25) is 0 Å². The first kappa shape index (κ1) is 17.3. The number of nitrogens with one attached hydrogen (secondary N) is 1. The van der Waals surface area contributed by atoms with E-state index in [0.717, 1.165) is 17.9 Å². The molecular weight excluding hydrogens is 256 g/mol. The Morgan fingerprint density at radius 1 is 1.05 bits per heavy atom. The summed E-state index contributed by atoms with van der Waals surface area (Å²) in [7, 11) is 0. The second kappa shape index (κ2) is 7.97. The summed E-state index contributed by atoms with van der Waals surface area (Å²) in [5.41, 5.74) is 0.508. The summed E-state index contributed by atoms with van der Waals surface area (Å²) in [5.74, 6) is 1.83. The van der Waals surface area contributed by atoms with Crippen LogP contribution in [0.1, 0.15) is 72.6 Å². The lowest BCUT2D eigenvalue weighted by Gasteiger charge is -2.42. The van der Waals surface area contributed by atoms with Crippen molar-refractivity contribution >= 4 is 0 Å². The molecule has 1 atom stereocenters. The zero-order chi connectivity index (χ0) is 15.3. The zero-order valence-corrected chi connectivity index (χ0v) is 15.0. The summed E-state index contributed by atoms with van der Waals surface area (Å²) < 4.78 is 0. The average molecular weight is 295 g/mol. The molecule has 2 fully saturated rings. The van der Waals surface area contributed by atoms with Gasteiger partial charge in [-0.3, -0.25) is 0 Å². The molecule has 0 aromatic heterocycles. The van der Waals surface area contributed by atoms with E-state index in [9.17, 15) is 0 Å². The van der Waals surface area contributed by atoms with Crippen LogP contribution in [0.15, 0.2) is 0 Å². The summed E-state index contributed by atoms with van der Waals surface area (Å²) >= 11 is 0. The summed E-state index contributed by atoms with van der Waals surface area (Å²) in [4.78, 5) is 2.84. The molecule has 2 nitrogen and oxygen atoms in total. The van der Waals surface area contributed by atoms with Crippen LogP contribution in [-0.4, -0.2) is 37.1 Å². The SMILES string of the molecule is CCCN(CC1CCCNC1)C1CCC(C(C)(C)C)CC1. The second-order valence-corrected chi connectivity index (χ2v) is 8.58. The standard InChI is InChI=1S/C19H38N2/c1-5-13-21(15-16-7-6-12-20-14-16)18-10-8-17(9-11-18)19(2,3)4/h16-18,20H,5-15H2,1-4H3. The van der Waals surface area contributed by atoms with Gasteiger partial charge in [-0.05, 0) is 81.8 Å². The van der Waals surface area contributed by atoms with Crippen LogP contribution in [-0.2, 0) is 0 Å². The highest BCUT2D eigenvalue weighted by molar-refractivity contribution is 4.86. The maximum atomic E-state index is 3.59. The van der Waals surface area contributed by atoms with E-state index in [1.807, 2.05) is 0 Å². The third-order valence-electron chi connectivity index (χ3n) is 5.84. The van der Waals surface area contributed by atoms with Crippen molar-refractivity contribution in [3.63, 3.8) is 0 Å². The van der Waals surface area contributed by atoms with Gasteiger partial charge >= 0.3 is 0 Å². The molecule has 0 amide bonds. The van der Waals surface area contributed by atoms with Gasteiger partial charge in [0.25, 0.3) is 0 Å². The zero-order valence-electron chi connectivity index (χ0n) is 15.0. The fourth-order valence-electron chi connectivity index (χ4n) is 4.43. The predicted octanol–water partition coefficient (Wildman–Crippen LogP) is 4.30. The largest absolute Gasteiger partial charge is 0.316 e. The molecule has 0 spiro atoms. The van der Waals surface area contributed by atoms with E-state index in [2.05, 4.69) is 37.9 Å². The van der Waals surface area contributed by atoms with Crippen LogP contribution in [0.4, 0.5) is 0 Å². The van der Waals surface area contributed by atoms with Gasteiger partial charge in [0.05, 0.1) is 0 Å². The van der Waals surface area contributed by atoms with E-state index >= 15 is 0 Å². The molecule has 124 valence electrons. The molecule has 1 saturated heterocycles. The van der Waals surface area contributed by atoms with Crippen molar-refractivity contribution in [3.8, 4) is 0 Å². The van der Waals surface area contributed by atoms with Crippen LogP contribution < -0.4 is 5.32 Å². The van der Waals surface area contributed by atoms with Gasteiger partial charge in [0.1, 0.15) is 0 Å². The minimum atomic E-state index is 0.508. The minimum absolute atomic E-state index is 0.508. The Balaban J connectivity index is 1.84. The summed E-state index contributed by atoms with van der Waals surface area (Å²) in [6.45, 7) is 14.7. The number of hydrogen-bond acceptors (Lipinski definition) is 2. The molecule has 0 aromatic rings. The normalized spacial score (nSPS) is 31.6. The van der Waals surface area contributed by atoms with E-state index in [-0.39, 0.29) is 0 Å². The molecular formula is C19H38N2. The minimum Gasteiger partial charge on any atom is -0.316 e. The highest BCUT2D eigenvalue weighted by Gasteiger charge is 2.32. The van der Waals surface area contributed by atoms with E-state index in [4.69, 9.17) is 0 Å². The Hall–Kier alpha value is -0.0800. The fraction of sp³-hybridized carbons (Fsp3) is 1.00. The number of rotatable bonds is 5. The average Bonchev–Trinajstić information content (AvgIpc) is 2.47. The Labute approximate surface area is 133 Å². The van der Waals surface area contributed by atoms with Gasteiger partial charge in [-0.15, -0.1) is 0 Å². The lowest BCUT2D eigenvalue weighted by molar-refractivity contribution is 0.0807. The molecule has 0 radical (unpaired) electrons. The van der Waals surface area contributed by atoms with Crippen LogP contribution >= 0.6 is 0 Å². The maximum Gasteiger partial charge on any atom is 0.00955 e. The molecule has 2 rings (SSSR count). The Kier molecular flexibility index (Phi) is 6.55. The monoisotopic (exact) mass is 294 g/mol. The van der Waals surface area contributed by atoms with Crippen molar-refractivity contribution < 1.29 is 0 Å². The van der Waals surface area contributed by atoms with Crippen LogP contribution in [0.25, 0.3) is 0 Å². The fourth-order valence-corrected chi connectivity index (χ4v) is 4.43.